The molecule has 1 aromatic carbocycles. The summed E-state index contributed by atoms with van der Waals surface area (Å²) in [6.45, 7) is 4.91. The number of fused-ring (bicyclic) bond motifs is 1. The molecule has 0 bridgehead atoms. The van der Waals surface area contributed by atoms with Gasteiger partial charge in [-0.25, -0.2) is 0 Å². The van der Waals surface area contributed by atoms with E-state index in [1.54, 1.807) is 24.5 Å². The lowest BCUT2D eigenvalue weighted by Gasteiger charge is -2.25. The van der Waals surface area contributed by atoms with E-state index in [4.69, 9.17) is 5.11 Å². The molecule has 0 aliphatic heterocycles. The molecule has 1 heterocycles. The molecular formula is C15H19N3O3. The number of nitrogens with zero attached hydrogens (tertiary/aromatic N) is 2. The first-order valence-corrected chi connectivity index (χ1v) is 6.80. The van der Waals surface area contributed by atoms with E-state index in [1.807, 2.05) is 0 Å². The number of pyridine rings is 1. The van der Waals surface area contributed by atoms with Crippen LogP contribution in [0.3, 0.4) is 0 Å². The number of nitro benzene ring substituents is 1. The zero-order chi connectivity index (χ0) is 15.5. The van der Waals surface area contributed by atoms with Crippen molar-refractivity contribution < 1.29 is 10.0 Å². The number of nitro groups is 1. The molecule has 0 saturated carbocycles. The second-order valence-corrected chi connectivity index (χ2v) is 5.80. The first-order valence-electron chi connectivity index (χ1n) is 6.80. The van der Waals surface area contributed by atoms with Gasteiger partial charge < -0.3 is 10.4 Å². The Morgan fingerprint density at radius 3 is 2.76 bits per heavy atom. The SMILES string of the molecule is CC(C)(CCO)CNc1ccc([N+](=O)[O-])c2ccncc12. The fraction of sp³-hybridized carbons (Fsp3) is 0.400. The van der Waals surface area contributed by atoms with E-state index >= 15 is 0 Å². The summed E-state index contributed by atoms with van der Waals surface area (Å²) in [4.78, 5) is 14.7. The maximum Gasteiger partial charge on any atom is 0.277 e. The molecule has 0 amide bonds. The van der Waals surface area contributed by atoms with Gasteiger partial charge in [0, 0.05) is 42.7 Å². The summed E-state index contributed by atoms with van der Waals surface area (Å²) in [6, 6.07) is 4.86. The molecule has 0 aliphatic carbocycles. The van der Waals surface area contributed by atoms with Crippen LogP contribution < -0.4 is 5.32 Å². The van der Waals surface area contributed by atoms with Crippen LogP contribution in [0, 0.1) is 15.5 Å². The molecule has 6 heteroatoms. The van der Waals surface area contributed by atoms with Crippen molar-refractivity contribution in [3.8, 4) is 0 Å². The van der Waals surface area contributed by atoms with Gasteiger partial charge in [-0.3, -0.25) is 15.1 Å². The highest BCUT2D eigenvalue weighted by molar-refractivity contribution is 5.99. The molecule has 0 atom stereocenters. The number of benzene rings is 1. The fourth-order valence-corrected chi connectivity index (χ4v) is 2.21. The number of hydrogen-bond acceptors (Lipinski definition) is 5. The summed E-state index contributed by atoms with van der Waals surface area (Å²) >= 11 is 0. The molecule has 21 heavy (non-hydrogen) atoms. The summed E-state index contributed by atoms with van der Waals surface area (Å²) in [6.07, 6.45) is 3.86. The summed E-state index contributed by atoms with van der Waals surface area (Å²) in [5.74, 6) is 0. The third kappa shape index (κ3) is 3.46. The van der Waals surface area contributed by atoms with Crippen LogP contribution >= 0.6 is 0 Å². The van der Waals surface area contributed by atoms with Crippen molar-refractivity contribution in [3.63, 3.8) is 0 Å². The van der Waals surface area contributed by atoms with Gasteiger partial charge in [0.15, 0.2) is 0 Å². The minimum atomic E-state index is -0.387. The Bertz CT molecular complexity index is 656. The van der Waals surface area contributed by atoms with Crippen LogP contribution in [0.25, 0.3) is 10.8 Å². The van der Waals surface area contributed by atoms with Gasteiger partial charge in [0.25, 0.3) is 5.69 Å². The molecule has 2 N–H and O–H groups in total. The average molecular weight is 289 g/mol. The predicted molar refractivity (Wildman–Crippen MR) is 82.4 cm³/mol. The Hall–Kier alpha value is -2.21. The topological polar surface area (TPSA) is 88.3 Å². The maximum absolute atomic E-state index is 11.1. The van der Waals surface area contributed by atoms with E-state index in [0.717, 1.165) is 11.1 Å². The number of anilines is 1. The Balaban J connectivity index is 2.34. The minimum Gasteiger partial charge on any atom is -0.396 e. The maximum atomic E-state index is 11.1. The van der Waals surface area contributed by atoms with Crippen LogP contribution in [0.1, 0.15) is 20.3 Å². The number of rotatable bonds is 6. The Morgan fingerprint density at radius 2 is 2.10 bits per heavy atom. The predicted octanol–water partition coefficient (Wildman–Crippen LogP) is 2.96. The van der Waals surface area contributed by atoms with Gasteiger partial charge in [-0.15, -0.1) is 0 Å². The molecule has 0 saturated heterocycles. The zero-order valence-electron chi connectivity index (χ0n) is 12.2. The first-order chi connectivity index (χ1) is 9.94. The Kier molecular flexibility index (Phi) is 4.37. The van der Waals surface area contributed by atoms with Gasteiger partial charge in [0.2, 0.25) is 0 Å². The quantitative estimate of drug-likeness (QED) is 0.630. The van der Waals surface area contributed by atoms with Crippen LogP contribution in [0.15, 0.2) is 30.6 Å². The van der Waals surface area contributed by atoms with Crippen LogP contribution in [0.2, 0.25) is 0 Å². The average Bonchev–Trinajstić information content (AvgIpc) is 2.44. The van der Waals surface area contributed by atoms with E-state index in [9.17, 15) is 10.1 Å². The number of aliphatic hydroxyl groups is 1. The lowest BCUT2D eigenvalue weighted by molar-refractivity contribution is -0.383. The van der Waals surface area contributed by atoms with Crippen LogP contribution in [0.5, 0.6) is 0 Å². The Labute approximate surface area is 123 Å². The molecule has 6 nitrogen and oxygen atoms in total. The summed E-state index contributed by atoms with van der Waals surface area (Å²) in [5, 5.41) is 24.7. The van der Waals surface area contributed by atoms with Crippen LogP contribution in [-0.2, 0) is 0 Å². The fourth-order valence-electron chi connectivity index (χ4n) is 2.21. The highest BCUT2D eigenvalue weighted by atomic mass is 16.6. The van der Waals surface area contributed by atoms with Crippen molar-refractivity contribution >= 4 is 22.1 Å². The zero-order valence-corrected chi connectivity index (χ0v) is 12.2. The summed E-state index contributed by atoms with van der Waals surface area (Å²) in [7, 11) is 0. The molecule has 0 fully saturated rings. The van der Waals surface area contributed by atoms with Crippen LogP contribution in [-0.4, -0.2) is 28.2 Å². The lowest BCUT2D eigenvalue weighted by Crippen LogP contribution is -2.24. The van der Waals surface area contributed by atoms with E-state index < -0.39 is 0 Å². The third-order valence-electron chi connectivity index (χ3n) is 3.54. The molecule has 0 radical (unpaired) electrons. The van der Waals surface area contributed by atoms with Gasteiger partial charge >= 0.3 is 0 Å². The smallest absolute Gasteiger partial charge is 0.277 e. The van der Waals surface area contributed by atoms with Crippen molar-refractivity contribution in [3.05, 3.63) is 40.7 Å². The van der Waals surface area contributed by atoms with Crippen molar-refractivity contribution in [2.45, 2.75) is 20.3 Å². The molecule has 1 aromatic heterocycles. The van der Waals surface area contributed by atoms with Crippen LogP contribution in [0.4, 0.5) is 11.4 Å². The number of nitrogens with one attached hydrogen (secondary N) is 1. The van der Waals surface area contributed by atoms with Gasteiger partial charge in [0.1, 0.15) is 0 Å². The number of non-ortho nitro benzene ring substituents is 1. The van der Waals surface area contributed by atoms with Crippen molar-refractivity contribution in [1.29, 1.82) is 0 Å². The second kappa shape index (κ2) is 6.05. The molecule has 0 aliphatic rings. The molecule has 2 aromatic rings. The molecule has 112 valence electrons. The van der Waals surface area contributed by atoms with Crippen molar-refractivity contribution in [1.82, 2.24) is 4.98 Å². The van der Waals surface area contributed by atoms with Crippen molar-refractivity contribution in [2.24, 2.45) is 5.41 Å². The number of aliphatic hydroxyl groups excluding tert-OH is 1. The molecule has 0 spiro atoms. The highest BCUT2D eigenvalue weighted by Crippen LogP contribution is 2.31. The Morgan fingerprint density at radius 1 is 1.33 bits per heavy atom. The number of hydrogen-bond donors (Lipinski definition) is 2. The standard InChI is InChI=1S/C15H19N3O3/c1-15(2,6-8-19)10-17-13-3-4-14(18(20)21)11-5-7-16-9-12(11)13/h3-5,7,9,17,19H,6,8,10H2,1-2H3. The van der Waals surface area contributed by atoms with Gasteiger partial charge in [-0.05, 0) is 24.0 Å². The van der Waals surface area contributed by atoms with Gasteiger partial charge in [-0.2, -0.15) is 0 Å². The van der Waals surface area contributed by atoms with E-state index in [-0.39, 0.29) is 22.6 Å². The highest BCUT2D eigenvalue weighted by Gasteiger charge is 2.19. The second-order valence-electron chi connectivity index (χ2n) is 5.80. The minimum absolute atomic E-state index is 0.0644. The normalized spacial score (nSPS) is 11.6. The van der Waals surface area contributed by atoms with Gasteiger partial charge in [0.05, 0.1) is 10.3 Å². The molecule has 0 unspecified atom stereocenters. The van der Waals surface area contributed by atoms with E-state index in [0.29, 0.717) is 18.4 Å². The van der Waals surface area contributed by atoms with E-state index in [2.05, 4.69) is 24.1 Å². The van der Waals surface area contributed by atoms with E-state index in [1.165, 1.54) is 6.07 Å². The monoisotopic (exact) mass is 289 g/mol. The summed E-state index contributed by atoms with van der Waals surface area (Å²) in [5.41, 5.74) is 0.827. The summed E-state index contributed by atoms with van der Waals surface area (Å²) < 4.78 is 0. The first kappa shape index (κ1) is 15.2. The number of aromatic nitrogens is 1. The largest absolute Gasteiger partial charge is 0.396 e. The van der Waals surface area contributed by atoms with Crippen molar-refractivity contribution in [2.75, 3.05) is 18.5 Å². The van der Waals surface area contributed by atoms with Gasteiger partial charge in [-0.1, -0.05) is 13.8 Å². The lowest BCUT2D eigenvalue weighted by atomic mass is 9.89. The molecule has 2 rings (SSSR count). The third-order valence-corrected chi connectivity index (χ3v) is 3.54. The molecular weight excluding hydrogens is 270 g/mol.